The number of rotatable bonds is 5. The van der Waals surface area contributed by atoms with Crippen molar-refractivity contribution < 1.29 is 4.79 Å². The molecule has 1 N–H and O–H groups in total. The first-order valence-corrected chi connectivity index (χ1v) is 6.00. The van der Waals surface area contributed by atoms with Crippen LogP contribution in [0.3, 0.4) is 0 Å². The summed E-state index contributed by atoms with van der Waals surface area (Å²) in [5, 5.41) is 3.82. The number of carbonyl (C=O) groups excluding carboxylic acids is 1. The van der Waals surface area contributed by atoms with Gasteiger partial charge in [0, 0.05) is 12.7 Å². The summed E-state index contributed by atoms with van der Waals surface area (Å²) in [6.45, 7) is 5.00. The second-order valence-corrected chi connectivity index (χ2v) is 4.33. The van der Waals surface area contributed by atoms with Gasteiger partial charge >= 0.3 is 0 Å². The third-order valence-corrected chi connectivity index (χ3v) is 2.34. The highest BCUT2D eigenvalue weighted by molar-refractivity contribution is 7.98. The summed E-state index contributed by atoms with van der Waals surface area (Å²) in [6.07, 6.45) is 4.23. The van der Waals surface area contributed by atoms with Gasteiger partial charge in [-0.05, 0) is 12.2 Å². The molecule has 0 aromatic carbocycles. The Bertz CT molecular complexity index is 341. The van der Waals surface area contributed by atoms with E-state index in [2.05, 4.69) is 29.1 Å². The second-order valence-electron chi connectivity index (χ2n) is 3.55. The summed E-state index contributed by atoms with van der Waals surface area (Å²) in [7, 11) is 0. The molecule has 0 spiro atoms. The minimum absolute atomic E-state index is 0.508. The van der Waals surface area contributed by atoms with Crippen LogP contribution in [-0.2, 0) is 0 Å². The van der Waals surface area contributed by atoms with Crippen molar-refractivity contribution in [3.05, 3.63) is 11.8 Å². The number of aldehydes is 1. The van der Waals surface area contributed by atoms with E-state index in [1.807, 2.05) is 6.26 Å². The van der Waals surface area contributed by atoms with Crippen molar-refractivity contribution >= 4 is 23.9 Å². The van der Waals surface area contributed by atoms with E-state index >= 15 is 0 Å². The molecule has 0 aliphatic rings. The van der Waals surface area contributed by atoms with Crippen molar-refractivity contribution in [2.75, 3.05) is 18.1 Å². The molecule has 0 bridgehead atoms. The van der Waals surface area contributed by atoms with Crippen LogP contribution in [0.5, 0.6) is 0 Å². The number of carbonyl (C=O) groups is 1. The molecule has 15 heavy (non-hydrogen) atoms. The van der Waals surface area contributed by atoms with Gasteiger partial charge in [0.2, 0.25) is 0 Å². The Morgan fingerprint density at radius 1 is 1.60 bits per heavy atom. The lowest BCUT2D eigenvalue weighted by Gasteiger charge is -2.10. The van der Waals surface area contributed by atoms with Crippen LogP contribution in [0.1, 0.15) is 24.2 Å². The molecular formula is C10H15N3OS. The van der Waals surface area contributed by atoms with E-state index in [9.17, 15) is 4.79 Å². The van der Waals surface area contributed by atoms with Gasteiger partial charge in [-0.15, -0.1) is 0 Å². The Balaban J connectivity index is 2.86. The minimum Gasteiger partial charge on any atom is -0.369 e. The molecule has 82 valence electrons. The SMILES string of the molecule is CSc1ncc(C=O)c(NCC(C)C)n1. The Labute approximate surface area is 93.9 Å². The summed E-state index contributed by atoms with van der Waals surface area (Å²) in [5.74, 6) is 1.13. The van der Waals surface area contributed by atoms with Crippen LogP contribution < -0.4 is 5.32 Å². The largest absolute Gasteiger partial charge is 0.369 e. The molecule has 0 fully saturated rings. The lowest BCUT2D eigenvalue weighted by molar-refractivity contribution is 0.112. The number of hydrogen-bond donors (Lipinski definition) is 1. The highest BCUT2D eigenvalue weighted by atomic mass is 32.2. The number of anilines is 1. The molecule has 0 unspecified atom stereocenters. The first-order chi connectivity index (χ1) is 7.17. The summed E-state index contributed by atoms with van der Waals surface area (Å²) in [4.78, 5) is 19.0. The lowest BCUT2D eigenvalue weighted by atomic mass is 10.2. The van der Waals surface area contributed by atoms with Crippen LogP contribution in [0, 0.1) is 5.92 Å². The lowest BCUT2D eigenvalue weighted by Crippen LogP contribution is -2.11. The molecule has 5 heteroatoms. The van der Waals surface area contributed by atoms with Crippen molar-refractivity contribution in [3.8, 4) is 0 Å². The minimum atomic E-state index is 0.508. The van der Waals surface area contributed by atoms with Gasteiger partial charge in [0.05, 0.1) is 5.56 Å². The molecule has 1 aromatic rings. The van der Waals surface area contributed by atoms with E-state index in [-0.39, 0.29) is 0 Å². The van der Waals surface area contributed by atoms with Crippen LogP contribution in [0.25, 0.3) is 0 Å². The molecular weight excluding hydrogens is 210 g/mol. The van der Waals surface area contributed by atoms with Crippen LogP contribution in [0.2, 0.25) is 0 Å². The Hall–Kier alpha value is -1.10. The van der Waals surface area contributed by atoms with E-state index in [0.29, 0.717) is 22.5 Å². The second kappa shape index (κ2) is 5.70. The maximum absolute atomic E-state index is 10.7. The van der Waals surface area contributed by atoms with Gasteiger partial charge < -0.3 is 5.32 Å². The summed E-state index contributed by atoms with van der Waals surface area (Å²) >= 11 is 1.46. The zero-order valence-corrected chi connectivity index (χ0v) is 9.97. The predicted molar refractivity (Wildman–Crippen MR) is 62.5 cm³/mol. The normalized spacial score (nSPS) is 10.4. The monoisotopic (exact) mass is 225 g/mol. The first kappa shape index (κ1) is 12.0. The smallest absolute Gasteiger partial charge is 0.189 e. The van der Waals surface area contributed by atoms with E-state index in [1.165, 1.54) is 11.8 Å². The fourth-order valence-electron chi connectivity index (χ4n) is 1.00. The third-order valence-electron chi connectivity index (χ3n) is 1.78. The zero-order valence-electron chi connectivity index (χ0n) is 9.15. The predicted octanol–water partition coefficient (Wildman–Crippen LogP) is 2.08. The molecule has 4 nitrogen and oxygen atoms in total. The maximum Gasteiger partial charge on any atom is 0.189 e. The molecule has 1 heterocycles. The Kier molecular flexibility index (Phi) is 4.55. The van der Waals surface area contributed by atoms with Crippen LogP contribution in [0.15, 0.2) is 11.4 Å². The van der Waals surface area contributed by atoms with Crippen molar-refractivity contribution in [3.63, 3.8) is 0 Å². The molecule has 1 rings (SSSR count). The van der Waals surface area contributed by atoms with E-state index in [1.54, 1.807) is 6.20 Å². The van der Waals surface area contributed by atoms with Crippen molar-refractivity contribution in [1.82, 2.24) is 9.97 Å². The van der Waals surface area contributed by atoms with Gasteiger partial charge in [-0.1, -0.05) is 25.6 Å². The average Bonchev–Trinajstić information content (AvgIpc) is 2.25. The summed E-state index contributed by atoms with van der Waals surface area (Å²) < 4.78 is 0. The van der Waals surface area contributed by atoms with Crippen molar-refractivity contribution in [2.24, 2.45) is 5.92 Å². The summed E-state index contributed by atoms with van der Waals surface area (Å²) in [6, 6.07) is 0. The standard InChI is InChI=1S/C10H15N3OS/c1-7(2)4-11-9-8(6-14)5-12-10(13-9)15-3/h5-7H,4H2,1-3H3,(H,11,12,13). The van der Waals surface area contributed by atoms with Gasteiger partial charge in [-0.2, -0.15) is 0 Å². The number of aromatic nitrogens is 2. The zero-order chi connectivity index (χ0) is 11.3. The number of nitrogens with zero attached hydrogens (tertiary/aromatic N) is 2. The fourth-order valence-corrected chi connectivity index (χ4v) is 1.34. The van der Waals surface area contributed by atoms with Crippen LogP contribution in [0.4, 0.5) is 5.82 Å². The molecule has 0 saturated heterocycles. The van der Waals surface area contributed by atoms with E-state index in [4.69, 9.17) is 0 Å². The topological polar surface area (TPSA) is 54.9 Å². The molecule has 0 aliphatic carbocycles. The van der Waals surface area contributed by atoms with E-state index in [0.717, 1.165) is 12.8 Å². The Morgan fingerprint density at radius 3 is 2.87 bits per heavy atom. The molecule has 0 saturated carbocycles. The van der Waals surface area contributed by atoms with Crippen molar-refractivity contribution in [1.29, 1.82) is 0 Å². The first-order valence-electron chi connectivity index (χ1n) is 4.77. The average molecular weight is 225 g/mol. The summed E-state index contributed by atoms with van der Waals surface area (Å²) in [5.41, 5.74) is 0.508. The van der Waals surface area contributed by atoms with Crippen molar-refractivity contribution in [2.45, 2.75) is 19.0 Å². The molecule has 0 atom stereocenters. The molecule has 0 radical (unpaired) electrons. The molecule has 1 aromatic heterocycles. The number of nitrogens with one attached hydrogen (secondary N) is 1. The molecule has 0 aliphatic heterocycles. The number of thioether (sulfide) groups is 1. The fraction of sp³-hybridized carbons (Fsp3) is 0.500. The van der Waals surface area contributed by atoms with E-state index < -0.39 is 0 Å². The number of hydrogen-bond acceptors (Lipinski definition) is 5. The third kappa shape index (κ3) is 3.51. The van der Waals surface area contributed by atoms with Crippen LogP contribution >= 0.6 is 11.8 Å². The Morgan fingerprint density at radius 2 is 2.33 bits per heavy atom. The van der Waals surface area contributed by atoms with Gasteiger partial charge in [-0.3, -0.25) is 4.79 Å². The van der Waals surface area contributed by atoms with Gasteiger partial charge in [0.1, 0.15) is 5.82 Å². The quantitative estimate of drug-likeness (QED) is 0.472. The van der Waals surface area contributed by atoms with Gasteiger partial charge in [-0.25, -0.2) is 9.97 Å². The van der Waals surface area contributed by atoms with Gasteiger partial charge in [0.25, 0.3) is 0 Å². The maximum atomic E-state index is 10.7. The highest BCUT2D eigenvalue weighted by Gasteiger charge is 2.06. The molecule has 0 amide bonds. The van der Waals surface area contributed by atoms with Crippen LogP contribution in [-0.4, -0.2) is 29.1 Å². The highest BCUT2D eigenvalue weighted by Crippen LogP contribution is 2.15. The van der Waals surface area contributed by atoms with Gasteiger partial charge in [0.15, 0.2) is 11.4 Å².